The molecule has 2 N–H and O–H groups in total. The summed E-state index contributed by atoms with van der Waals surface area (Å²) in [6, 6.07) is 15.0. The largest absolute Gasteiger partial charge is 0.497 e. The molecule has 0 aliphatic heterocycles. The maximum absolute atomic E-state index is 12.9. The molecule has 7 nitrogen and oxygen atoms in total. The second kappa shape index (κ2) is 11.3. The van der Waals surface area contributed by atoms with Gasteiger partial charge in [0.2, 0.25) is 5.96 Å². The van der Waals surface area contributed by atoms with Crippen molar-refractivity contribution in [3.8, 4) is 5.75 Å². The number of aromatic nitrogens is 2. The number of ether oxygens (including phenoxy) is 1. The van der Waals surface area contributed by atoms with Gasteiger partial charge in [-0.15, -0.1) is 0 Å². The molecule has 0 aliphatic carbocycles. The van der Waals surface area contributed by atoms with Crippen molar-refractivity contribution in [3.05, 3.63) is 76.6 Å². The Bertz CT molecular complexity index is 1120. The maximum Gasteiger partial charge on any atom is 0.257 e. The third-order valence-electron chi connectivity index (χ3n) is 5.70. The number of benzene rings is 2. The number of aliphatic imine (C=N–C) groups is 1. The first kappa shape index (κ1) is 24.0. The summed E-state index contributed by atoms with van der Waals surface area (Å²) in [4.78, 5) is 17.6. The Morgan fingerprint density at radius 1 is 1.09 bits per heavy atom. The molecule has 174 valence electrons. The number of nitrogens with zero attached hydrogens (tertiary/aromatic N) is 3. The topological polar surface area (TPSA) is 80.5 Å². The summed E-state index contributed by atoms with van der Waals surface area (Å²) in [6.07, 6.45) is 1.62. The van der Waals surface area contributed by atoms with E-state index in [1.165, 1.54) is 11.3 Å². The van der Waals surface area contributed by atoms with Crippen molar-refractivity contribution >= 4 is 17.6 Å². The zero-order valence-electron chi connectivity index (χ0n) is 20.1. The zero-order chi connectivity index (χ0) is 23.8. The second-order valence-electron chi connectivity index (χ2n) is 7.76. The summed E-state index contributed by atoms with van der Waals surface area (Å²) < 4.78 is 7.19. The van der Waals surface area contributed by atoms with E-state index >= 15 is 0 Å². The molecule has 1 amide bonds. The predicted octanol–water partition coefficient (Wildman–Crippen LogP) is 4.53. The van der Waals surface area contributed by atoms with Gasteiger partial charge in [-0.1, -0.05) is 25.1 Å². The maximum atomic E-state index is 12.9. The van der Waals surface area contributed by atoms with E-state index in [1.807, 2.05) is 29.8 Å². The van der Waals surface area contributed by atoms with Crippen LogP contribution in [0.15, 0.2) is 53.5 Å². The van der Waals surface area contributed by atoms with Crippen LogP contribution in [0.1, 0.15) is 46.7 Å². The summed E-state index contributed by atoms with van der Waals surface area (Å²) in [5.41, 5.74) is 6.01. The van der Waals surface area contributed by atoms with Crippen LogP contribution >= 0.6 is 0 Å². The van der Waals surface area contributed by atoms with Crippen LogP contribution in [0.25, 0.3) is 0 Å². The van der Waals surface area contributed by atoms with Crippen LogP contribution in [0, 0.1) is 13.8 Å². The molecule has 0 bridgehead atoms. The van der Waals surface area contributed by atoms with Gasteiger partial charge in [-0.05, 0) is 75.1 Å². The van der Waals surface area contributed by atoms with Crippen LogP contribution in [-0.2, 0) is 19.4 Å². The molecule has 0 saturated heterocycles. The lowest BCUT2D eigenvalue weighted by atomic mass is 10.1. The van der Waals surface area contributed by atoms with E-state index in [-0.39, 0.29) is 5.91 Å². The lowest BCUT2D eigenvalue weighted by Crippen LogP contribution is -2.36. The highest BCUT2D eigenvalue weighted by Crippen LogP contribution is 2.17. The van der Waals surface area contributed by atoms with Crippen LogP contribution < -0.4 is 15.4 Å². The number of carbonyl (C=O) groups excluding carboxylic acids is 1. The lowest BCUT2D eigenvalue weighted by Gasteiger charge is -2.15. The third kappa shape index (κ3) is 6.00. The number of amides is 1. The first-order valence-corrected chi connectivity index (χ1v) is 11.3. The molecule has 33 heavy (non-hydrogen) atoms. The summed E-state index contributed by atoms with van der Waals surface area (Å²) in [7, 11) is 1.60. The van der Waals surface area contributed by atoms with Gasteiger partial charge in [-0.25, -0.2) is 0 Å². The first-order chi connectivity index (χ1) is 16.0. The number of guanidine groups is 1. The predicted molar refractivity (Wildman–Crippen MR) is 133 cm³/mol. The number of carbonyl (C=O) groups is 1. The number of nitrogens with one attached hydrogen (secondary N) is 2. The normalized spacial score (nSPS) is 11.4. The van der Waals surface area contributed by atoms with Crippen molar-refractivity contribution < 1.29 is 9.53 Å². The van der Waals surface area contributed by atoms with Crippen LogP contribution in [0.3, 0.4) is 0 Å². The summed E-state index contributed by atoms with van der Waals surface area (Å²) in [5.74, 6) is 0.896. The number of hydrogen-bond donors (Lipinski definition) is 2. The molecule has 2 aromatic carbocycles. The Morgan fingerprint density at radius 2 is 1.82 bits per heavy atom. The number of methoxy groups -OCH3 is 1. The fraction of sp³-hybridized carbons (Fsp3) is 0.346. The van der Waals surface area contributed by atoms with Crippen molar-refractivity contribution in [2.45, 2.75) is 47.1 Å². The zero-order valence-corrected chi connectivity index (χ0v) is 20.1. The number of para-hydroxylation sites is 1. The van der Waals surface area contributed by atoms with E-state index < -0.39 is 0 Å². The van der Waals surface area contributed by atoms with Crippen molar-refractivity contribution in [1.82, 2.24) is 15.1 Å². The average Bonchev–Trinajstić information content (AvgIpc) is 3.11. The number of anilines is 1. The molecule has 0 atom stereocenters. The molecule has 0 radical (unpaired) electrons. The van der Waals surface area contributed by atoms with Crippen molar-refractivity contribution in [2.75, 3.05) is 19.0 Å². The van der Waals surface area contributed by atoms with Gasteiger partial charge >= 0.3 is 0 Å². The highest BCUT2D eigenvalue weighted by molar-refractivity contribution is 6.10. The molecular weight excluding hydrogens is 414 g/mol. The van der Waals surface area contributed by atoms with Crippen LogP contribution in [-0.4, -0.2) is 35.3 Å². The van der Waals surface area contributed by atoms with Crippen LogP contribution in [0.5, 0.6) is 5.75 Å². The Morgan fingerprint density at radius 3 is 2.45 bits per heavy atom. The second-order valence-corrected chi connectivity index (χ2v) is 7.76. The summed E-state index contributed by atoms with van der Waals surface area (Å²) in [5, 5.41) is 10.9. The molecule has 0 saturated carbocycles. The molecule has 3 rings (SSSR count). The van der Waals surface area contributed by atoms with Gasteiger partial charge in [0.25, 0.3) is 5.91 Å². The van der Waals surface area contributed by atoms with Crippen LogP contribution in [0.2, 0.25) is 0 Å². The summed E-state index contributed by atoms with van der Waals surface area (Å²) >= 11 is 0. The van der Waals surface area contributed by atoms with E-state index in [9.17, 15) is 4.79 Å². The highest BCUT2D eigenvalue weighted by atomic mass is 16.5. The minimum absolute atomic E-state index is 0.232. The van der Waals surface area contributed by atoms with E-state index in [1.54, 1.807) is 31.4 Å². The standard InChI is InChI=1S/C26H33N5O2/c1-6-20-10-8-9-11-24(20)28-26(29-25(32)21-12-14-22(33-5)15-13-21)27-17-16-23-18(3)30-31(7-2)19(23)4/h8-15H,6-7,16-17H2,1-5H3,(H2,27,28,29,32). The van der Waals surface area contributed by atoms with E-state index in [0.29, 0.717) is 23.8 Å². The third-order valence-corrected chi connectivity index (χ3v) is 5.70. The van der Waals surface area contributed by atoms with Gasteiger partial charge in [0.1, 0.15) is 5.75 Å². The molecule has 0 aliphatic rings. The molecule has 0 fully saturated rings. The van der Waals surface area contributed by atoms with Gasteiger partial charge in [-0.2, -0.15) is 5.10 Å². The fourth-order valence-corrected chi connectivity index (χ4v) is 3.79. The highest BCUT2D eigenvalue weighted by Gasteiger charge is 2.13. The fourth-order valence-electron chi connectivity index (χ4n) is 3.79. The van der Waals surface area contributed by atoms with E-state index in [2.05, 4.69) is 42.6 Å². The Labute approximate surface area is 195 Å². The Balaban J connectivity index is 1.81. The van der Waals surface area contributed by atoms with E-state index in [4.69, 9.17) is 9.73 Å². The van der Waals surface area contributed by atoms with Gasteiger partial charge < -0.3 is 10.1 Å². The molecule has 1 heterocycles. The molecule has 0 unspecified atom stereocenters. The molecule has 0 spiro atoms. The quantitative estimate of drug-likeness (QED) is 0.393. The van der Waals surface area contributed by atoms with Crippen molar-refractivity contribution in [2.24, 2.45) is 4.99 Å². The molecule has 3 aromatic rings. The number of hydrogen-bond acceptors (Lipinski definition) is 4. The van der Waals surface area contributed by atoms with E-state index in [0.717, 1.165) is 36.3 Å². The lowest BCUT2D eigenvalue weighted by molar-refractivity contribution is 0.0977. The monoisotopic (exact) mass is 447 g/mol. The van der Waals surface area contributed by atoms with Crippen molar-refractivity contribution in [1.29, 1.82) is 0 Å². The Kier molecular flexibility index (Phi) is 8.24. The minimum atomic E-state index is -0.232. The average molecular weight is 448 g/mol. The summed E-state index contributed by atoms with van der Waals surface area (Å²) in [6.45, 7) is 9.67. The number of aryl methyl sites for hydroxylation is 3. The molecule has 1 aromatic heterocycles. The first-order valence-electron chi connectivity index (χ1n) is 11.3. The van der Waals surface area contributed by atoms with Gasteiger partial charge in [0.05, 0.1) is 12.8 Å². The SMILES string of the molecule is CCc1ccccc1NC(=NCCc1c(C)nn(CC)c1C)NC(=O)c1ccc(OC)cc1. The van der Waals surface area contributed by atoms with Gasteiger partial charge in [-0.3, -0.25) is 19.8 Å². The van der Waals surface area contributed by atoms with Crippen LogP contribution in [0.4, 0.5) is 5.69 Å². The molecule has 7 heteroatoms. The van der Waals surface area contributed by atoms with Crippen molar-refractivity contribution in [3.63, 3.8) is 0 Å². The smallest absolute Gasteiger partial charge is 0.257 e. The van der Waals surface area contributed by atoms with Gasteiger partial charge in [0, 0.05) is 30.0 Å². The van der Waals surface area contributed by atoms with Gasteiger partial charge in [0.15, 0.2) is 0 Å². The Hall–Kier alpha value is -3.61. The number of rotatable bonds is 8. The molecular formula is C26H33N5O2. The minimum Gasteiger partial charge on any atom is -0.497 e.